The molecule has 2 rings (SSSR count). The molecule has 1 aromatic carbocycles. The lowest BCUT2D eigenvalue weighted by molar-refractivity contribution is -0.794. The van der Waals surface area contributed by atoms with E-state index in [0.29, 0.717) is 12.2 Å². The standard InChI is InChI=1S/C19H25NO4S/c1-12-5-7-16(8-6-12)17-9-14(3)20(10-17,19(23)24)18(22)13(2)11-25-15(4)21/h5-8,13-14,17H,9-11H2,1-4H3/p+1/t13?,14?,17-,20-/m0/s1. The summed E-state index contributed by atoms with van der Waals surface area (Å²) >= 11 is 1.07. The van der Waals surface area contributed by atoms with E-state index in [9.17, 15) is 19.5 Å². The largest absolute Gasteiger partial charge is 0.521 e. The van der Waals surface area contributed by atoms with Crippen LogP contribution in [0.5, 0.6) is 0 Å². The molecule has 1 fully saturated rings. The fourth-order valence-corrected chi connectivity index (χ4v) is 4.28. The van der Waals surface area contributed by atoms with Gasteiger partial charge in [0.2, 0.25) is 0 Å². The first kappa shape index (κ1) is 19.7. The number of amides is 2. The fourth-order valence-electron chi connectivity index (χ4n) is 3.65. The Morgan fingerprint density at radius 2 is 1.88 bits per heavy atom. The van der Waals surface area contributed by atoms with Crippen LogP contribution >= 0.6 is 11.8 Å². The highest BCUT2D eigenvalue weighted by molar-refractivity contribution is 8.13. The SMILES string of the molecule is CC(=O)SCC(C)C(=O)[N@+]1(C(=O)O)C[C@@H](c2ccc(C)cc2)CC1C. The maximum atomic E-state index is 13.0. The maximum absolute atomic E-state index is 13.0. The molecule has 4 atom stereocenters. The molecule has 0 radical (unpaired) electrons. The van der Waals surface area contributed by atoms with E-state index in [-0.39, 0.29) is 29.5 Å². The molecule has 5 nitrogen and oxygen atoms in total. The molecule has 6 heteroatoms. The zero-order chi connectivity index (χ0) is 18.8. The molecule has 25 heavy (non-hydrogen) atoms. The molecule has 0 aromatic heterocycles. The van der Waals surface area contributed by atoms with Gasteiger partial charge >= 0.3 is 12.0 Å². The van der Waals surface area contributed by atoms with Crippen LogP contribution in [0.3, 0.4) is 0 Å². The summed E-state index contributed by atoms with van der Waals surface area (Å²) in [7, 11) is 0. The Balaban J connectivity index is 2.26. The lowest BCUT2D eigenvalue weighted by atomic mass is 9.96. The fraction of sp³-hybridized carbons (Fsp3) is 0.526. The molecule has 2 unspecified atom stereocenters. The number of carbonyl (C=O) groups excluding carboxylic acids is 2. The van der Waals surface area contributed by atoms with E-state index in [0.717, 1.165) is 22.9 Å². The topological polar surface area (TPSA) is 71.4 Å². The van der Waals surface area contributed by atoms with Gasteiger partial charge in [-0.1, -0.05) is 41.6 Å². The number of hydrogen-bond acceptors (Lipinski definition) is 4. The van der Waals surface area contributed by atoms with Crippen LogP contribution in [0.1, 0.15) is 44.2 Å². The van der Waals surface area contributed by atoms with Crippen molar-refractivity contribution in [2.24, 2.45) is 5.92 Å². The van der Waals surface area contributed by atoms with Gasteiger partial charge in [-0.2, -0.15) is 9.28 Å². The summed E-state index contributed by atoms with van der Waals surface area (Å²) in [5, 5.41) is 9.86. The van der Waals surface area contributed by atoms with E-state index >= 15 is 0 Å². The van der Waals surface area contributed by atoms with Gasteiger partial charge in [0.15, 0.2) is 5.12 Å². The van der Waals surface area contributed by atoms with E-state index in [1.165, 1.54) is 6.92 Å². The van der Waals surface area contributed by atoms with E-state index in [4.69, 9.17) is 0 Å². The smallest absolute Gasteiger partial charge is 0.435 e. The molecular weight excluding hydrogens is 338 g/mol. The molecule has 0 saturated carbocycles. The zero-order valence-corrected chi connectivity index (χ0v) is 16.0. The predicted octanol–water partition coefficient (Wildman–Crippen LogP) is 3.81. The number of aryl methyl sites for hydroxylation is 1. The first-order valence-electron chi connectivity index (χ1n) is 8.54. The van der Waals surface area contributed by atoms with Gasteiger partial charge in [-0.3, -0.25) is 4.79 Å². The highest BCUT2D eigenvalue weighted by atomic mass is 32.2. The number of likely N-dealkylation sites (tertiary alicyclic amines) is 1. The summed E-state index contributed by atoms with van der Waals surface area (Å²) in [5.41, 5.74) is 2.23. The Morgan fingerprint density at radius 1 is 1.28 bits per heavy atom. The van der Waals surface area contributed by atoms with Gasteiger partial charge in [-0.05, 0) is 26.3 Å². The van der Waals surface area contributed by atoms with Crippen LogP contribution in [0.25, 0.3) is 0 Å². The molecule has 2 amide bonds. The third-order valence-electron chi connectivity index (χ3n) is 5.13. The molecule has 1 aromatic rings. The van der Waals surface area contributed by atoms with Gasteiger partial charge in [0.25, 0.3) is 0 Å². The Labute approximate surface area is 153 Å². The van der Waals surface area contributed by atoms with E-state index < -0.39 is 16.5 Å². The summed E-state index contributed by atoms with van der Waals surface area (Å²) in [6, 6.07) is 7.78. The quantitative estimate of drug-likeness (QED) is 0.823. The highest BCUT2D eigenvalue weighted by Crippen LogP contribution is 2.39. The third-order valence-corrected chi connectivity index (χ3v) is 6.20. The van der Waals surface area contributed by atoms with Crippen LogP contribution in [-0.2, 0) is 9.59 Å². The van der Waals surface area contributed by atoms with Crippen molar-refractivity contribution in [2.75, 3.05) is 12.3 Å². The van der Waals surface area contributed by atoms with Crippen LogP contribution in [0, 0.1) is 12.8 Å². The van der Waals surface area contributed by atoms with Crippen molar-refractivity contribution in [1.29, 1.82) is 0 Å². The van der Waals surface area contributed by atoms with Crippen molar-refractivity contribution in [3.63, 3.8) is 0 Å². The summed E-state index contributed by atoms with van der Waals surface area (Å²) in [4.78, 5) is 36.3. The molecule has 0 bridgehead atoms. The first-order chi connectivity index (χ1) is 11.7. The van der Waals surface area contributed by atoms with Crippen molar-refractivity contribution in [1.82, 2.24) is 0 Å². The Hall–Kier alpha value is -1.66. The minimum atomic E-state index is -1.09. The number of thioether (sulfide) groups is 1. The number of benzene rings is 1. The molecule has 0 spiro atoms. The molecular formula is C19H26NO4S+. The Bertz CT molecular complexity index is 673. The molecule has 1 aliphatic rings. The normalized spacial score (nSPS) is 27.0. The predicted molar refractivity (Wildman–Crippen MR) is 98.5 cm³/mol. The van der Waals surface area contributed by atoms with E-state index in [1.807, 2.05) is 38.1 Å². The number of carboxylic acid groups (broad SMARTS) is 1. The monoisotopic (exact) mass is 364 g/mol. The summed E-state index contributed by atoms with van der Waals surface area (Å²) in [6.45, 7) is 7.29. The van der Waals surface area contributed by atoms with Crippen LogP contribution < -0.4 is 0 Å². The van der Waals surface area contributed by atoms with Crippen molar-refractivity contribution in [2.45, 2.75) is 46.1 Å². The third kappa shape index (κ3) is 3.96. The molecule has 0 aliphatic carbocycles. The number of rotatable bonds is 4. The van der Waals surface area contributed by atoms with Gasteiger partial charge in [0.1, 0.15) is 12.6 Å². The van der Waals surface area contributed by atoms with Crippen LogP contribution in [0.2, 0.25) is 0 Å². The second-order valence-corrected chi connectivity index (χ2v) is 8.27. The van der Waals surface area contributed by atoms with Crippen LogP contribution in [0.15, 0.2) is 24.3 Å². The van der Waals surface area contributed by atoms with Crippen molar-refractivity contribution < 1.29 is 24.0 Å². The number of carbonyl (C=O) groups is 3. The van der Waals surface area contributed by atoms with Gasteiger partial charge in [0, 0.05) is 25.0 Å². The van der Waals surface area contributed by atoms with Gasteiger partial charge in [-0.15, -0.1) is 0 Å². The van der Waals surface area contributed by atoms with Gasteiger partial charge in [-0.25, -0.2) is 4.79 Å². The number of nitrogens with zero attached hydrogens (tertiary/aromatic N) is 1. The molecule has 136 valence electrons. The van der Waals surface area contributed by atoms with E-state index in [1.54, 1.807) is 6.92 Å². The number of imide groups is 1. The van der Waals surface area contributed by atoms with Crippen molar-refractivity contribution in [3.05, 3.63) is 35.4 Å². The van der Waals surface area contributed by atoms with Crippen LogP contribution in [0.4, 0.5) is 4.79 Å². The Morgan fingerprint density at radius 3 is 2.40 bits per heavy atom. The molecule has 1 N–H and O–H groups in total. The van der Waals surface area contributed by atoms with E-state index in [2.05, 4.69) is 0 Å². The minimum Gasteiger partial charge on any atom is -0.435 e. The number of hydrogen-bond donors (Lipinski definition) is 1. The minimum absolute atomic E-state index is 0.0447. The van der Waals surface area contributed by atoms with Gasteiger partial charge in [0.05, 0.1) is 5.92 Å². The van der Waals surface area contributed by atoms with Crippen LogP contribution in [-0.4, -0.2) is 45.0 Å². The van der Waals surface area contributed by atoms with Crippen molar-refractivity contribution >= 4 is 28.9 Å². The summed E-state index contributed by atoms with van der Waals surface area (Å²) in [6.07, 6.45) is -0.431. The average Bonchev–Trinajstić information content (AvgIpc) is 2.91. The van der Waals surface area contributed by atoms with Crippen molar-refractivity contribution in [3.8, 4) is 0 Å². The Kier molecular flexibility index (Phi) is 6.06. The molecule has 1 aliphatic heterocycles. The zero-order valence-electron chi connectivity index (χ0n) is 15.2. The number of quaternary nitrogens is 1. The second-order valence-electron chi connectivity index (χ2n) is 7.07. The first-order valence-corrected chi connectivity index (χ1v) is 9.52. The lowest BCUT2D eigenvalue weighted by Gasteiger charge is -2.31. The molecule has 1 saturated heterocycles. The lowest BCUT2D eigenvalue weighted by Crippen LogP contribution is -2.60. The van der Waals surface area contributed by atoms with Gasteiger partial charge < -0.3 is 5.11 Å². The highest BCUT2D eigenvalue weighted by Gasteiger charge is 2.57. The average molecular weight is 364 g/mol. The summed E-state index contributed by atoms with van der Waals surface area (Å²) < 4.78 is -0.543. The maximum Gasteiger partial charge on any atom is 0.521 e. The molecule has 1 heterocycles. The second kappa shape index (κ2) is 7.70. The summed E-state index contributed by atoms with van der Waals surface area (Å²) in [5.74, 6) is -0.417.